The summed E-state index contributed by atoms with van der Waals surface area (Å²) in [4.78, 5) is 9.14. The molecular formula is C15H26ClN3. The van der Waals surface area contributed by atoms with E-state index in [1.807, 2.05) is 0 Å². The van der Waals surface area contributed by atoms with Crippen molar-refractivity contribution in [1.29, 1.82) is 0 Å². The number of likely N-dealkylation sites (N-methyl/N-ethyl adjacent to an activating group) is 2. The molecule has 1 rings (SSSR count). The topological polar surface area (TPSA) is 19.4 Å². The van der Waals surface area contributed by atoms with E-state index in [9.17, 15) is 0 Å². The molecule has 0 amide bonds. The molecule has 0 radical (unpaired) electrons. The number of nitrogens with zero attached hydrogens (tertiary/aromatic N) is 3. The molecule has 1 aromatic heterocycles. The number of anilines is 1. The zero-order valence-corrected chi connectivity index (χ0v) is 13.8. The molecule has 0 spiro atoms. The van der Waals surface area contributed by atoms with Crippen LogP contribution in [0.15, 0.2) is 12.1 Å². The Labute approximate surface area is 122 Å². The van der Waals surface area contributed by atoms with Crippen molar-refractivity contribution >= 4 is 17.4 Å². The summed E-state index contributed by atoms with van der Waals surface area (Å²) in [5.74, 6) is 1.53. The Balaban J connectivity index is 2.99. The Morgan fingerprint density at radius 1 is 1.11 bits per heavy atom. The minimum absolute atomic E-state index is 0.0409. The summed E-state index contributed by atoms with van der Waals surface area (Å²) < 4.78 is 0. The van der Waals surface area contributed by atoms with Gasteiger partial charge in [-0.3, -0.25) is 0 Å². The van der Waals surface area contributed by atoms with Gasteiger partial charge in [-0.2, -0.15) is 0 Å². The van der Waals surface area contributed by atoms with Crippen LogP contribution < -0.4 is 4.90 Å². The van der Waals surface area contributed by atoms with E-state index in [2.05, 4.69) is 63.8 Å². The third-order valence-corrected chi connectivity index (χ3v) is 3.38. The van der Waals surface area contributed by atoms with Gasteiger partial charge < -0.3 is 9.80 Å². The Kier molecular flexibility index (Phi) is 5.63. The second-order valence-corrected chi connectivity index (χ2v) is 6.59. The van der Waals surface area contributed by atoms with Gasteiger partial charge in [0.1, 0.15) is 5.82 Å². The van der Waals surface area contributed by atoms with Gasteiger partial charge in [-0.1, -0.05) is 20.8 Å². The molecule has 0 N–H and O–H groups in total. The lowest BCUT2D eigenvalue weighted by atomic mass is 9.91. The molecule has 0 atom stereocenters. The predicted molar refractivity (Wildman–Crippen MR) is 84.3 cm³/mol. The highest BCUT2D eigenvalue weighted by molar-refractivity contribution is 6.17. The molecule has 1 aromatic rings. The van der Waals surface area contributed by atoms with Gasteiger partial charge in [0.15, 0.2) is 0 Å². The lowest BCUT2D eigenvalue weighted by molar-refractivity contribution is 0.416. The number of hydrogen-bond donors (Lipinski definition) is 0. The summed E-state index contributed by atoms with van der Waals surface area (Å²) in [6.07, 6.45) is 0. The Morgan fingerprint density at radius 3 is 2.21 bits per heavy atom. The van der Waals surface area contributed by atoms with Crippen molar-refractivity contribution < 1.29 is 0 Å². The van der Waals surface area contributed by atoms with Crippen molar-refractivity contribution in [1.82, 2.24) is 9.88 Å². The average molecular weight is 284 g/mol. The Bertz CT molecular complexity index is 410. The summed E-state index contributed by atoms with van der Waals surface area (Å²) in [6.45, 7) is 8.49. The van der Waals surface area contributed by atoms with E-state index >= 15 is 0 Å². The molecule has 108 valence electrons. The highest BCUT2D eigenvalue weighted by atomic mass is 35.5. The number of hydrogen-bond acceptors (Lipinski definition) is 3. The fourth-order valence-corrected chi connectivity index (χ4v) is 1.85. The summed E-state index contributed by atoms with van der Waals surface area (Å²) in [7, 11) is 6.24. The molecule has 0 unspecified atom stereocenters. The highest BCUT2D eigenvalue weighted by Gasteiger charge is 2.18. The maximum absolute atomic E-state index is 6.00. The van der Waals surface area contributed by atoms with Gasteiger partial charge in [0.25, 0.3) is 0 Å². The van der Waals surface area contributed by atoms with Gasteiger partial charge in [-0.25, -0.2) is 4.98 Å². The van der Waals surface area contributed by atoms with E-state index < -0.39 is 0 Å². The highest BCUT2D eigenvalue weighted by Crippen LogP contribution is 2.25. The van der Waals surface area contributed by atoms with Crippen LogP contribution in [0, 0.1) is 0 Å². The smallest absolute Gasteiger partial charge is 0.128 e. The molecule has 1 heterocycles. The minimum Gasteiger partial charge on any atom is -0.358 e. The van der Waals surface area contributed by atoms with Gasteiger partial charge in [0.2, 0.25) is 0 Å². The summed E-state index contributed by atoms with van der Waals surface area (Å²) in [6, 6.07) is 4.19. The molecule has 0 aromatic carbocycles. The van der Waals surface area contributed by atoms with E-state index in [0.29, 0.717) is 5.88 Å². The minimum atomic E-state index is 0.0409. The van der Waals surface area contributed by atoms with E-state index in [1.54, 1.807) is 0 Å². The number of aromatic nitrogens is 1. The molecule has 4 heteroatoms. The van der Waals surface area contributed by atoms with Gasteiger partial charge >= 0.3 is 0 Å². The van der Waals surface area contributed by atoms with Gasteiger partial charge in [-0.05, 0) is 31.8 Å². The SMILES string of the molecule is CN(C)CCN(C)c1cc(CCl)cc(C(C)(C)C)n1. The fraction of sp³-hybridized carbons (Fsp3) is 0.667. The van der Waals surface area contributed by atoms with Crippen LogP contribution in [0.4, 0.5) is 5.82 Å². The van der Waals surface area contributed by atoms with Crippen molar-refractivity contribution in [3.63, 3.8) is 0 Å². The van der Waals surface area contributed by atoms with Crippen molar-refractivity contribution in [2.24, 2.45) is 0 Å². The van der Waals surface area contributed by atoms with E-state index in [0.717, 1.165) is 30.2 Å². The number of halogens is 1. The maximum Gasteiger partial charge on any atom is 0.128 e. The van der Waals surface area contributed by atoms with Crippen LogP contribution in [0.2, 0.25) is 0 Å². The summed E-state index contributed by atoms with van der Waals surface area (Å²) in [5.41, 5.74) is 2.27. The molecule has 19 heavy (non-hydrogen) atoms. The first kappa shape index (κ1) is 16.3. The van der Waals surface area contributed by atoms with Crippen LogP contribution >= 0.6 is 11.6 Å². The van der Waals surface area contributed by atoms with Gasteiger partial charge in [-0.15, -0.1) is 11.6 Å². The summed E-state index contributed by atoms with van der Waals surface area (Å²) >= 11 is 6.00. The van der Waals surface area contributed by atoms with Gasteiger partial charge in [0, 0.05) is 37.1 Å². The average Bonchev–Trinajstić information content (AvgIpc) is 2.34. The molecular weight excluding hydrogens is 258 g/mol. The number of rotatable bonds is 5. The predicted octanol–water partition coefficient (Wildman–Crippen LogP) is 3.12. The second kappa shape index (κ2) is 6.58. The fourth-order valence-electron chi connectivity index (χ4n) is 1.69. The molecule has 0 aliphatic carbocycles. The van der Waals surface area contributed by atoms with E-state index in [1.165, 1.54) is 0 Å². The van der Waals surface area contributed by atoms with Crippen molar-refractivity contribution in [2.75, 3.05) is 39.1 Å². The summed E-state index contributed by atoms with van der Waals surface area (Å²) in [5, 5.41) is 0. The Morgan fingerprint density at radius 2 is 1.74 bits per heavy atom. The zero-order chi connectivity index (χ0) is 14.6. The van der Waals surface area contributed by atoms with E-state index in [4.69, 9.17) is 16.6 Å². The van der Waals surface area contributed by atoms with Crippen LogP contribution in [-0.2, 0) is 11.3 Å². The van der Waals surface area contributed by atoms with Gasteiger partial charge in [0.05, 0.1) is 0 Å². The third-order valence-electron chi connectivity index (χ3n) is 3.07. The van der Waals surface area contributed by atoms with Crippen LogP contribution in [-0.4, -0.2) is 44.1 Å². The van der Waals surface area contributed by atoms with Crippen LogP contribution in [0.25, 0.3) is 0 Å². The normalized spacial score (nSPS) is 12.0. The van der Waals surface area contributed by atoms with Crippen LogP contribution in [0.3, 0.4) is 0 Å². The zero-order valence-electron chi connectivity index (χ0n) is 13.0. The first-order valence-electron chi connectivity index (χ1n) is 6.67. The monoisotopic (exact) mass is 283 g/mol. The largest absolute Gasteiger partial charge is 0.358 e. The van der Waals surface area contributed by atoms with Crippen molar-refractivity contribution in [3.05, 3.63) is 23.4 Å². The lowest BCUT2D eigenvalue weighted by Crippen LogP contribution is -2.29. The lowest BCUT2D eigenvalue weighted by Gasteiger charge is -2.25. The molecule has 0 bridgehead atoms. The molecule has 0 saturated carbocycles. The molecule has 0 aliphatic heterocycles. The van der Waals surface area contributed by atoms with Crippen molar-refractivity contribution in [2.45, 2.75) is 32.1 Å². The third kappa shape index (κ3) is 5.00. The van der Waals surface area contributed by atoms with E-state index in [-0.39, 0.29) is 5.41 Å². The Hall–Kier alpha value is -0.800. The van der Waals surface area contributed by atoms with Crippen LogP contribution in [0.5, 0.6) is 0 Å². The maximum atomic E-state index is 6.00. The second-order valence-electron chi connectivity index (χ2n) is 6.33. The molecule has 0 fully saturated rings. The van der Waals surface area contributed by atoms with Crippen LogP contribution in [0.1, 0.15) is 32.0 Å². The number of pyridine rings is 1. The standard InChI is InChI=1S/C15H26ClN3/c1-15(2,3)13-9-12(11-16)10-14(17-13)19(6)8-7-18(4)5/h9-10H,7-8,11H2,1-6H3. The molecule has 3 nitrogen and oxygen atoms in total. The quantitative estimate of drug-likeness (QED) is 0.774. The molecule has 0 saturated heterocycles. The molecule has 0 aliphatic rings. The first-order chi connectivity index (χ1) is 8.74. The first-order valence-corrected chi connectivity index (χ1v) is 7.20. The van der Waals surface area contributed by atoms with Crippen molar-refractivity contribution in [3.8, 4) is 0 Å². The number of alkyl halides is 1.